The average Bonchev–Trinajstić information content (AvgIpc) is 3.23. The van der Waals surface area contributed by atoms with Crippen molar-refractivity contribution in [1.29, 1.82) is 0 Å². The van der Waals surface area contributed by atoms with Gasteiger partial charge >= 0.3 is 0 Å². The second-order valence-corrected chi connectivity index (χ2v) is 5.28. The van der Waals surface area contributed by atoms with E-state index in [1.807, 2.05) is 0 Å². The zero-order valence-electron chi connectivity index (χ0n) is 10.3. The van der Waals surface area contributed by atoms with Crippen LogP contribution in [-0.4, -0.2) is 19.3 Å². The van der Waals surface area contributed by atoms with Gasteiger partial charge in [0.1, 0.15) is 0 Å². The van der Waals surface area contributed by atoms with Crippen LogP contribution in [0.1, 0.15) is 37.3 Å². The Balaban J connectivity index is 1.67. The van der Waals surface area contributed by atoms with Crippen LogP contribution in [0, 0.1) is 5.92 Å². The number of hydrogen-bond donors (Lipinski definition) is 1. The molecule has 1 aliphatic carbocycles. The molecule has 2 heteroatoms. The van der Waals surface area contributed by atoms with E-state index in [2.05, 4.69) is 35.6 Å². The van der Waals surface area contributed by atoms with Gasteiger partial charge in [0.05, 0.1) is 0 Å². The first kappa shape index (κ1) is 11.2. The third-order valence-electron chi connectivity index (χ3n) is 3.89. The smallest absolute Gasteiger partial charge is 0.0480 e. The molecule has 1 saturated heterocycles. The summed E-state index contributed by atoms with van der Waals surface area (Å²) in [5, 5.41) is 3.85. The fourth-order valence-corrected chi connectivity index (χ4v) is 2.71. The van der Waals surface area contributed by atoms with Crippen molar-refractivity contribution in [3.63, 3.8) is 0 Å². The first-order valence-corrected chi connectivity index (χ1v) is 6.82. The molecule has 1 aromatic carbocycles. The Morgan fingerprint density at radius 2 is 1.71 bits per heavy atom. The molecule has 0 radical (unpaired) electrons. The van der Waals surface area contributed by atoms with Gasteiger partial charge in [0, 0.05) is 25.3 Å². The summed E-state index contributed by atoms with van der Waals surface area (Å²) in [6.07, 6.45) is 5.09. The van der Waals surface area contributed by atoms with E-state index < -0.39 is 0 Å². The Bertz CT molecular complexity index is 341. The second-order valence-electron chi connectivity index (χ2n) is 5.28. The maximum atomic E-state index is 5.42. The molecule has 1 heterocycles. The Morgan fingerprint density at radius 1 is 1.00 bits per heavy atom. The molecule has 2 aliphatic rings. The van der Waals surface area contributed by atoms with E-state index in [1.165, 1.54) is 18.4 Å². The second kappa shape index (κ2) is 5.19. The molecule has 1 aromatic rings. The summed E-state index contributed by atoms with van der Waals surface area (Å²) in [5.74, 6) is 0.861. The highest BCUT2D eigenvalue weighted by Gasteiger charge is 2.33. The fourth-order valence-electron chi connectivity index (χ4n) is 2.71. The summed E-state index contributed by atoms with van der Waals surface area (Å²) in [5.41, 5.74) is 1.46. The molecular weight excluding hydrogens is 210 g/mol. The van der Waals surface area contributed by atoms with E-state index in [-0.39, 0.29) is 0 Å². The summed E-state index contributed by atoms with van der Waals surface area (Å²) < 4.78 is 5.42. The summed E-state index contributed by atoms with van der Waals surface area (Å²) >= 11 is 0. The minimum absolute atomic E-state index is 0.569. The van der Waals surface area contributed by atoms with Crippen molar-refractivity contribution in [3.8, 4) is 0 Å². The van der Waals surface area contributed by atoms with Gasteiger partial charge in [-0.1, -0.05) is 30.3 Å². The molecule has 92 valence electrons. The highest BCUT2D eigenvalue weighted by atomic mass is 16.5. The normalized spacial score (nSPS) is 23.5. The van der Waals surface area contributed by atoms with Crippen LogP contribution in [0.4, 0.5) is 0 Å². The zero-order chi connectivity index (χ0) is 11.5. The van der Waals surface area contributed by atoms with Crippen LogP contribution < -0.4 is 5.32 Å². The van der Waals surface area contributed by atoms with Crippen LogP contribution in [0.2, 0.25) is 0 Å². The predicted octanol–water partition coefficient (Wildman–Crippen LogP) is 2.91. The molecule has 0 amide bonds. The van der Waals surface area contributed by atoms with Crippen molar-refractivity contribution in [2.75, 3.05) is 13.2 Å². The summed E-state index contributed by atoms with van der Waals surface area (Å²) in [4.78, 5) is 0. The van der Waals surface area contributed by atoms with E-state index in [0.717, 1.165) is 32.0 Å². The molecule has 0 spiro atoms. The molecule has 1 N–H and O–H groups in total. The molecular formula is C15H21NO. The maximum Gasteiger partial charge on any atom is 0.0480 e. The molecule has 1 saturated carbocycles. The molecule has 1 unspecified atom stereocenters. The topological polar surface area (TPSA) is 21.3 Å². The van der Waals surface area contributed by atoms with Crippen molar-refractivity contribution in [1.82, 2.24) is 5.32 Å². The van der Waals surface area contributed by atoms with Gasteiger partial charge in [0.25, 0.3) is 0 Å². The Hall–Kier alpha value is -0.860. The van der Waals surface area contributed by atoms with Crippen LogP contribution in [0.3, 0.4) is 0 Å². The van der Waals surface area contributed by atoms with E-state index >= 15 is 0 Å². The average molecular weight is 231 g/mol. The third-order valence-corrected chi connectivity index (χ3v) is 3.89. The highest BCUT2D eigenvalue weighted by molar-refractivity contribution is 5.21. The van der Waals surface area contributed by atoms with E-state index in [9.17, 15) is 0 Å². The maximum absolute atomic E-state index is 5.42. The van der Waals surface area contributed by atoms with E-state index in [0.29, 0.717) is 12.1 Å². The van der Waals surface area contributed by atoms with Crippen molar-refractivity contribution >= 4 is 0 Å². The van der Waals surface area contributed by atoms with Gasteiger partial charge in [-0.05, 0) is 37.2 Å². The van der Waals surface area contributed by atoms with Gasteiger partial charge in [0.15, 0.2) is 0 Å². The van der Waals surface area contributed by atoms with Crippen molar-refractivity contribution in [2.45, 2.75) is 37.8 Å². The number of rotatable bonds is 4. The van der Waals surface area contributed by atoms with Crippen molar-refractivity contribution in [3.05, 3.63) is 35.9 Å². The number of benzene rings is 1. The molecule has 17 heavy (non-hydrogen) atoms. The van der Waals surface area contributed by atoms with Crippen LogP contribution >= 0.6 is 0 Å². The van der Waals surface area contributed by atoms with Gasteiger partial charge < -0.3 is 10.1 Å². The fraction of sp³-hybridized carbons (Fsp3) is 0.600. The Labute approximate surface area is 103 Å². The van der Waals surface area contributed by atoms with Crippen LogP contribution in [0.25, 0.3) is 0 Å². The quantitative estimate of drug-likeness (QED) is 0.860. The van der Waals surface area contributed by atoms with Crippen LogP contribution in [0.15, 0.2) is 30.3 Å². The monoisotopic (exact) mass is 231 g/mol. The zero-order valence-corrected chi connectivity index (χ0v) is 10.3. The van der Waals surface area contributed by atoms with Gasteiger partial charge in [0.2, 0.25) is 0 Å². The minimum atomic E-state index is 0.569. The number of hydrogen-bond acceptors (Lipinski definition) is 2. The Kier molecular flexibility index (Phi) is 3.44. The molecule has 0 aromatic heterocycles. The van der Waals surface area contributed by atoms with Gasteiger partial charge in [-0.15, -0.1) is 0 Å². The van der Waals surface area contributed by atoms with Gasteiger partial charge in [-0.3, -0.25) is 0 Å². The highest BCUT2D eigenvalue weighted by Crippen LogP contribution is 2.41. The molecule has 1 aliphatic heterocycles. The standard InChI is InChI=1S/C15H21NO/c1-2-4-12(5-3-1)15(13-6-7-13)16-14-8-10-17-11-9-14/h1-5,13-16H,6-11H2. The molecule has 2 nitrogen and oxygen atoms in total. The SMILES string of the molecule is c1ccc(C(NC2CCOCC2)C2CC2)cc1. The summed E-state index contributed by atoms with van der Waals surface area (Å²) in [6, 6.07) is 12.1. The van der Waals surface area contributed by atoms with Gasteiger partial charge in [-0.25, -0.2) is 0 Å². The van der Waals surface area contributed by atoms with Gasteiger partial charge in [-0.2, -0.15) is 0 Å². The molecule has 1 atom stereocenters. The summed E-state index contributed by atoms with van der Waals surface area (Å²) in [6.45, 7) is 1.84. The van der Waals surface area contributed by atoms with Crippen LogP contribution in [0.5, 0.6) is 0 Å². The van der Waals surface area contributed by atoms with Crippen molar-refractivity contribution in [2.24, 2.45) is 5.92 Å². The lowest BCUT2D eigenvalue weighted by Gasteiger charge is -2.29. The number of nitrogens with one attached hydrogen (secondary N) is 1. The largest absolute Gasteiger partial charge is 0.381 e. The lowest BCUT2D eigenvalue weighted by molar-refractivity contribution is 0.0739. The first-order chi connectivity index (χ1) is 8.43. The number of ether oxygens (including phenoxy) is 1. The lowest BCUT2D eigenvalue weighted by Crippen LogP contribution is -2.38. The molecule has 2 fully saturated rings. The summed E-state index contributed by atoms with van der Waals surface area (Å²) in [7, 11) is 0. The lowest BCUT2D eigenvalue weighted by atomic mass is 9.99. The van der Waals surface area contributed by atoms with Crippen molar-refractivity contribution < 1.29 is 4.74 Å². The van der Waals surface area contributed by atoms with Crippen LogP contribution in [-0.2, 0) is 4.74 Å². The van der Waals surface area contributed by atoms with E-state index in [1.54, 1.807) is 0 Å². The predicted molar refractivity (Wildman–Crippen MR) is 68.9 cm³/mol. The first-order valence-electron chi connectivity index (χ1n) is 6.82. The van der Waals surface area contributed by atoms with E-state index in [4.69, 9.17) is 4.74 Å². The molecule has 3 rings (SSSR count). The third kappa shape index (κ3) is 2.88. The molecule has 0 bridgehead atoms. The Morgan fingerprint density at radius 3 is 2.35 bits per heavy atom. The minimum Gasteiger partial charge on any atom is -0.381 e.